The summed E-state index contributed by atoms with van der Waals surface area (Å²) < 4.78 is 2.42. The molecule has 0 atom stereocenters. The lowest BCUT2D eigenvalue weighted by atomic mass is 9.93. The second-order valence-corrected chi connectivity index (χ2v) is 12.5. The van der Waals surface area contributed by atoms with Gasteiger partial charge in [-0.2, -0.15) is 0 Å². The molecule has 10 rings (SSSR count). The average molecular weight is 611 g/mol. The molecule has 224 valence electrons. The van der Waals surface area contributed by atoms with Gasteiger partial charge in [0.05, 0.1) is 16.7 Å². The van der Waals surface area contributed by atoms with Crippen LogP contribution in [-0.4, -0.2) is 4.57 Å². The van der Waals surface area contributed by atoms with Gasteiger partial charge in [-0.15, -0.1) is 0 Å². The minimum absolute atomic E-state index is 1.12. The Morgan fingerprint density at radius 1 is 0.375 bits per heavy atom. The molecule has 1 heterocycles. The van der Waals surface area contributed by atoms with Gasteiger partial charge in [0.15, 0.2) is 0 Å². The zero-order chi connectivity index (χ0) is 31.6. The molecule has 0 radical (unpaired) electrons. The van der Waals surface area contributed by atoms with Crippen molar-refractivity contribution in [3.8, 4) is 16.8 Å². The van der Waals surface area contributed by atoms with E-state index in [4.69, 9.17) is 0 Å². The van der Waals surface area contributed by atoms with Crippen molar-refractivity contribution in [3.05, 3.63) is 182 Å². The highest BCUT2D eigenvalue weighted by Crippen LogP contribution is 2.46. The molecule has 0 saturated carbocycles. The van der Waals surface area contributed by atoms with Crippen LogP contribution in [0.1, 0.15) is 0 Å². The number of anilines is 3. The summed E-state index contributed by atoms with van der Waals surface area (Å²) in [5.41, 5.74) is 9.39. The standard InChI is InChI=1S/C46H30N2/c1-4-12-31(13-5-1)38-20-11-21-42-46(38)40-28-26-37(30-43(40)48(42)36-18-8-3-9-19-36)47(35-16-6-2-7-17-35)41-29-25-34-23-22-32-14-10-15-33-24-27-39(41)45(34)44(32)33/h1-30H. The van der Waals surface area contributed by atoms with Crippen LogP contribution in [0.3, 0.4) is 0 Å². The van der Waals surface area contributed by atoms with Gasteiger partial charge in [-0.25, -0.2) is 0 Å². The molecule has 0 saturated heterocycles. The van der Waals surface area contributed by atoms with Crippen molar-refractivity contribution >= 4 is 71.2 Å². The maximum absolute atomic E-state index is 2.43. The molecular weight excluding hydrogens is 581 g/mol. The van der Waals surface area contributed by atoms with E-state index in [1.165, 1.54) is 70.9 Å². The lowest BCUT2D eigenvalue weighted by Gasteiger charge is -2.28. The highest BCUT2D eigenvalue weighted by atomic mass is 15.1. The van der Waals surface area contributed by atoms with E-state index >= 15 is 0 Å². The molecule has 10 aromatic rings. The molecule has 0 bridgehead atoms. The first kappa shape index (κ1) is 26.8. The Morgan fingerprint density at radius 3 is 1.77 bits per heavy atom. The van der Waals surface area contributed by atoms with Crippen molar-refractivity contribution < 1.29 is 0 Å². The second-order valence-electron chi connectivity index (χ2n) is 12.5. The van der Waals surface area contributed by atoms with Crippen molar-refractivity contribution in [2.45, 2.75) is 0 Å². The third kappa shape index (κ3) is 4.00. The third-order valence-corrected chi connectivity index (χ3v) is 9.89. The topological polar surface area (TPSA) is 8.17 Å². The molecular formula is C46H30N2. The minimum Gasteiger partial charge on any atom is -0.310 e. The maximum Gasteiger partial charge on any atom is 0.0562 e. The average Bonchev–Trinajstić information content (AvgIpc) is 3.49. The van der Waals surface area contributed by atoms with Crippen molar-refractivity contribution in [2.24, 2.45) is 0 Å². The summed E-state index contributed by atoms with van der Waals surface area (Å²) in [6.45, 7) is 0. The number of hydrogen-bond acceptors (Lipinski definition) is 1. The molecule has 0 N–H and O–H groups in total. The normalized spacial score (nSPS) is 11.8. The van der Waals surface area contributed by atoms with Gasteiger partial charge in [-0.05, 0) is 86.6 Å². The number of para-hydroxylation sites is 2. The SMILES string of the molecule is c1ccc(-c2cccc3c2c2ccc(N(c4ccccc4)c4ccc5ccc6cccc7ccc4c5c67)cc2n3-c2ccccc2)cc1. The maximum atomic E-state index is 2.43. The molecule has 1 aromatic heterocycles. The summed E-state index contributed by atoms with van der Waals surface area (Å²) in [6, 6.07) is 66.2. The Labute approximate surface area is 278 Å². The lowest BCUT2D eigenvalue weighted by Crippen LogP contribution is -2.10. The van der Waals surface area contributed by atoms with Gasteiger partial charge in [-0.3, -0.25) is 0 Å². The smallest absolute Gasteiger partial charge is 0.0562 e. The Kier molecular flexibility index (Phi) is 5.91. The number of benzene rings is 9. The highest BCUT2D eigenvalue weighted by Gasteiger charge is 2.21. The van der Waals surface area contributed by atoms with E-state index in [-0.39, 0.29) is 0 Å². The molecule has 0 aliphatic rings. The molecule has 0 amide bonds. The Hall–Kier alpha value is -6.38. The van der Waals surface area contributed by atoms with Gasteiger partial charge in [-0.1, -0.05) is 133 Å². The number of rotatable bonds is 5. The second kappa shape index (κ2) is 10.6. The van der Waals surface area contributed by atoms with Crippen LogP contribution in [0.15, 0.2) is 182 Å². The molecule has 0 spiro atoms. The van der Waals surface area contributed by atoms with E-state index in [9.17, 15) is 0 Å². The van der Waals surface area contributed by atoms with Crippen LogP contribution in [0.5, 0.6) is 0 Å². The molecule has 48 heavy (non-hydrogen) atoms. The monoisotopic (exact) mass is 610 g/mol. The number of fused-ring (bicyclic) bond motifs is 3. The Balaban J connectivity index is 1.29. The summed E-state index contributed by atoms with van der Waals surface area (Å²) in [6.07, 6.45) is 0. The summed E-state index contributed by atoms with van der Waals surface area (Å²) >= 11 is 0. The van der Waals surface area contributed by atoms with E-state index in [1.54, 1.807) is 0 Å². The van der Waals surface area contributed by atoms with Crippen LogP contribution in [0.2, 0.25) is 0 Å². The van der Waals surface area contributed by atoms with Gasteiger partial charge < -0.3 is 9.47 Å². The van der Waals surface area contributed by atoms with Gasteiger partial charge in [0.2, 0.25) is 0 Å². The predicted molar refractivity (Wildman–Crippen MR) is 205 cm³/mol. The molecule has 9 aromatic carbocycles. The van der Waals surface area contributed by atoms with Gasteiger partial charge in [0.25, 0.3) is 0 Å². The predicted octanol–water partition coefficient (Wildman–Crippen LogP) is 12.8. The van der Waals surface area contributed by atoms with Crippen molar-refractivity contribution in [2.75, 3.05) is 4.90 Å². The summed E-state index contributed by atoms with van der Waals surface area (Å²) in [7, 11) is 0. The van der Waals surface area contributed by atoms with Crippen LogP contribution in [0.4, 0.5) is 17.1 Å². The summed E-state index contributed by atoms with van der Waals surface area (Å²) in [5, 5.41) is 10.2. The molecule has 0 aliphatic carbocycles. The summed E-state index contributed by atoms with van der Waals surface area (Å²) in [4.78, 5) is 2.43. The van der Waals surface area contributed by atoms with E-state index < -0.39 is 0 Å². The first-order valence-corrected chi connectivity index (χ1v) is 16.5. The van der Waals surface area contributed by atoms with Gasteiger partial charge >= 0.3 is 0 Å². The highest BCUT2D eigenvalue weighted by molar-refractivity contribution is 6.26. The largest absolute Gasteiger partial charge is 0.310 e. The zero-order valence-corrected chi connectivity index (χ0v) is 26.2. The lowest BCUT2D eigenvalue weighted by molar-refractivity contribution is 1.18. The first-order chi connectivity index (χ1) is 23.8. The first-order valence-electron chi connectivity index (χ1n) is 16.5. The van der Waals surface area contributed by atoms with Gasteiger partial charge in [0.1, 0.15) is 0 Å². The molecule has 2 heteroatoms. The van der Waals surface area contributed by atoms with Crippen LogP contribution in [0, 0.1) is 0 Å². The van der Waals surface area contributed by atoms with E-state index in [0.717, 1.165) is 17.1 Å². The van der Waals surface area contributed by atoms with Gasteiger partial charge in [0, 0.05) is 33.2 Å². The van der Waals surface area contributed by atoms with Crippen LogP contribution < -0.4 is 4.90 Å². The van der Waals surface area contributed by atoms with Crippen LogP contribution in [-0.2, 0) is 0 Å². The quantitative estimate of drug-likeness (QED) is 0.176. The van der Waals surface area contributed by atoms with Crippen molar-refractivity contribution in [1.29, 1.82) is 0 Å². The number of hydrogen-bond donors (Lipinski definition) is 0. The van der Waals surface area contributed by atoms with E-state index in [1.807, 2.05) is 0 Å². The van der Waals surface area contributed by atoms with Crippen LogP contribution in [0.25, 0.3) is 70.9 Å². The van der Waals surface area contributed by atoms with E-state index in [2.05, 4.69) is 191 Å². The zero-order valence-electron chi connectivity index (χ0n) is 26.2. The fourth-order valence-electron chi connectivity index (χ4n) is 7.83. The molecule has 0 unspecified atom stereocenters. The number of nitrogens with zero attached hydrogens (tertiary/aromatic N) is 2. The van der Waals surface area contributed by atoms with Crippen molar-refractivity contribution in [1.82, 2.24) is 4.57 Å². The fourth-order valence-corrected chi connectivity index (χ4v) is 7.83. The summed E-state index contributed by atoms with van der Waals surface area (Å²) in [5.74, 6) is 0. The molecule has 0 fully saturated rings. The van der Waals surface area contributed by atoms with E-state index in [0.29, 0.717) is 0 Å². The molecule has 0 aliphatic heterocycles. The number of aromatic nitrogens is 1. The fraction of sp³-hybridized carbons (Fsp3) is 0. The Morgan fingerprint density at radius 2 is 1.00 bits per heavy atom. The molecule has 2 nitrogen and oxygen atoms in total. The van der Waals surface area contributed by atoms with Crippen LogP contribution >= 0.6 is 0 Å². The minimum atomic E-state index is 1.12. The Bertz CT molecular complexity index is 2750. The third-order valence-electron chi connectivity index (χ3n) is 9.89. The van der Waals surface area contributed by atoms with Crippen molar-refractivity contribution in [3.63, 3.8) is 0 Å².